The summed E-state index contributed by atoms with van der Waals surface area (Å²) in [5.41, 5.74) is 6.50. The Bertz CT molecular complexity index is 739. The van der Waals surface area contributed by atoms with Crippen LogP contribution in [-0.4, -0.2) is 28.2 Å². The molecular formula is C11H14N4O2S3. The second-order valence-corrected chi connectivity index (χ2v) is 7.32. The molecule has 1 aromatic heterocycles. The van der Waals surface area contributed by atoms with Gasteiger partial charge in [0.1, 0.15) is 15.9 Å². The summed E-state index contributed by atoms with van der Waals surface area (Å²) in [5, 5.41) is 0. The second kappa shape index (κ2) is 5.68. The Balaban J connectivity index is 2.45. The number of rotatable bonds is 5. The molecule has 0 aliphatic carbocycles. The lowest BCUT2D eigenvalue weighted by Crippen LogP contribution is -2.46. The van der Waals surface area contributed by atoms with E-state index < -0.39 is 16.1 Å². The molecule has 108 valence electrons. The van der Waals surface area contributed by atoms with E-state index in [2.05, 4.69) is 13.5 Å². The summed E-state index contributed by atoms with van der Waals surface area (Å²) in [5.74, 6) is -0.0463. The van der Waals surface area contributed by atoms with Crippen LogP contribution in [0.4, 0.5) is 0 Å². The molecule has 20 heavy (non-hydrogen) atoms. The molecule has 2 aromatic rings. The minimum absolute atomic E-state index is 0.0463. The second-order valence-electron chi connectivity index (χ2n) is 4.63. The minimum Gasteiger partial charge on any atom is -0.392 e. The quantitative estimate of drug-likeness (QED) is 0.802. The molecule has 0 fully saturated rings. The fraction of sp³-hybridized carbons (Fsp3) is 0.364. The standard InChI is InChI=1S/C11H14N4O2S3/c1-6(2)9(11(12)18)15-20(16,17)8-5-3-4-7-10(8)14-19-13-7/h3-6,9,15H,1-2H3,(H2,12,18). The van der Waals surface area contributed by atoms with Gasteiger partial charge in [-0.2, -0.15) is 8.75 Å². The normalized spacial score (nSPS) is 13.8. The highest BCUT2D eigenvalue weighted by Crippen LogP contribution is 2.21. The first-order chi connectivity index (χ1) is 9.33. The Hall–Kier alpha value is -1.16. The highest BCUT2D eigenvalue weighted by molar-refractivity contribution is 7.90. The van der Waals surface area contributed by atoms with Crippen molar-refractivity contribution in [1.29, 1.82) is 0 Å². The van der Waals surface area contributed by atoms with Crippen molar-refractivity contribution in [3.05, 3.63) is 18.2 Å². The van der Waals surface area contributed by atoms with E-state index in [1.807, 2.05) is 13.8 Å². The van der Waals surface area contributed by atoms with Crippen molar-refractivity contribution in [2.24, 2.45) is 11.7 Å². The van der Waals surface area contributed by atoms with E-state index in [1.54, 1.807) is 12.1 Å². The predicted molar refractivity (Wildman–Crippen MR) is 83.1 cm³/mol. The average molecular weight is 330 g/mol. The number of nitrogens with two attached hydrogens (primary N) is 1. The van der Waals surface area contributed by atoms with E-state index in [-0.39, 0.29) is 15.8 Å². The van der Waals surface area contributed by atoms with Crippen molar-refractivity contribution in [2.45, 2.75) is 24.8 Å². The SMILES string of the molecule is CC(C)C(NS(=O)(=O)c1cccc2nsnc12)C(N)=S. The van der Waals surface area contributed by atoms with Gasteiger partial charge in [-0.3, -0.25) is 0 Å². The number of aromatic nitrogens is 2. The fourth-order valence-corrected chi connectivity index (χ4v) is 4.29. The summed E-state index contributed by atoms with van der Waals surface area (Å²) in [6, 6.07) is 4.23. The van der Waals surface area contributed by atoms with Crippen LogP contribution in [0, 0.1) is 5.92 Å². The predicted octanol–water partition coefficient (Wildman–Crippen LogP) is 1.28. The Labute approximate surface area is 126 Å². The molecule has 9 heteroatoms. The van der Waals surface area contributed by atoms with Gasteiger partial charge in [-0.15, -0.1) is 0 Å². The third-order valence-electron chi connectivity index (χ3n) is 2.79. The van der Waals surface area contributed by atoms with Crippen LogP contribution in [0.1, 0.15) is 13.8 Å². The highest BCUT2D eigenvalue weighted by Gasteiger charge is 2.26. The van der Waals surface area contributed by atoms with Crippen molar-refractivity contribution in [1.82, 2.24) is 13.5 Å². The maximum Gasteiger partial charge on any atom is 0.243 e. The van der Waals surface area contributed by atoms with E-state index >= 15 is 0 Å². The summed E-state index contributed by atoms with van der Waals surface area (Å²) in [6.07, 6.45) is 0. The Morgan fingerprint density at radius 1 is 1.40 bits per heavy atom. The van der Waals surface area contributed by atoms with Crippen molar-refractivity contribution in [3.63, 3.8) is 0 Å². The first-order valence-corrected chi connectivity index (χ1v) is 8.48. The summed E-state index contributed by atoms with van der Waals surface area (Å²) in [7, 11) is -3.76. The van der Waals surface area contributed by atoms with Crippen molar-refractivity contribution >= 4 is 50.0 Å². The van der Waals surface area contributed by atoms with Gasteiger partial charge in [-0.1, -0.05) is 32.1 Å². The number of fused-ring (bicyclic) bond motifs is 1. The molecule has 0 aliphatic heterocycles. The van der Waals surface area contributed by atoms with E-state index in [1.165, 1.54) is 6.07 Å². The molecule has 0 saturated heterocycles. The van der Waals surface area contributed by atoms with Crippen molar-refractivity contribution in [2.75, 3.05) is 0 Å². The monoisotopic (exact) mass is 330 g/mol. The number of nitrogens with zero attached hydrogens (tertiary/aromatic N) is 2. The summed E-state index contributed by atoms with van der Waals surface area (Å²) >= 11 is 5.89. The van der Waals surface area contributed by atoms with E-state index in [4.69, 9.17) is 18.0 Å². The molecule has 0 amide bonds. The summed E-state index contributed by atoms with van der Waals surface area (Å²) in [4.78, 5) is 0.206. The Morgan fingerprint density at radius 2 is 2.10 bits per heavy atom. The van der Waals surface area contributed by atoms with Gasteiger partial charge in [-0.25, -0.2) is 13.1 Å². The van der Waals surface area contributed by atoms with E-state index in [0.717, 1.165) is 11.7 Å². The Kier molecular flexibility index (Phi) is 4.33. The van der Waals surface area contributed by atoms with Crippen LogP contribution in [0.2, 0.25) is 0 Å². The molecule has 0 spiro atoms. The summed E-state index contributed by atoms with van der Waals surface area (Å²) in [6.45, 7) is 3.69. The van der Waals surface area contributed by atoms with Crippen LogP contribution < -0.4 is 10.5 Å². The molecule has 0 bridgehead atoms. The zero-order valence-corrected chi connectivity index (χ0v) is 13.3. The third kappa shape index (κ3) is 2.95. The summed E-state index contributed by atoms with van der Waals surface area (Å²) < 4.78 is 35.5. The number of sulfonamides is 1. The van der Waals surface area contributed by atoms with E-state index in [9.17, 15) is 8.42 Å². The number of hydrogen-bond acceptors (Lipinski definition) is 6. The smallest absolute Gasteiger partial charge is 0.243 e. The lowest BCUT2D eigenvalue weighted by molar-refractivity contribution is 0.527. The first kappa shape index (κ1) is 15.2. The maximum absolute atomic E-state index is 12.5. The van der Waals surface area contributed by atoms with Gasteiger partial charge in [0.2, 0.25) is 10.0 Å². The van der Waals surface area contributed by atoms with Crippen molar-refractivity contribution < 1.29 is 8.42 Å². The average Bonchev–Trinajstić information content (AvgIpc) is 2.83. The van der Waals surface area contributed by atoms with Gasteiger partial charge in [0.05, 0.1) is 22.8 Å². The zero-order chi connectivity index (χ0) is 14.9. The van der Waals surface area contributed by atoms with Crippen LogP contribution in [0.5, 0.6) is 0 Å². The topological polar surface area (TPSA) is 98.0 Å². The van der Waals surface area contributed by atoms with Crippen molar-refractivity contribution in [3.8, 4) is 0 Å². The highest BCUT2D eigenvalue weighted by atomic mass is 32.2. The molecular weight excluding hydrogens is 316 g/mol. The molecule has 0 saturated carbocycles. The molecule has 1 heterocycles. The van der Waals surface area contributed by atoms with Crippen LogP contribution in [0.15, 0.2) is 23.1 Å². The van der Waals surface area contributed by atoms with Gasteiger partial charge >= 0.3 is 0 Å². The van der Waals surface area contributed by atoms with Crippen LogP contribution in [0.25, 0.3) is 11.0 Å². The molecule has 0 radical (unpaired) electrons. The van der Waals surface area contributed by atoms with Crippen LogP contribution in [-0.2, 0) is 10.0 Å². The molecule has 1 unspecified atom stereocenters. The molecule has 3 N–H and O–H groups in total. The molecule has 1 aromatic carbocycles. The first-order valence-electron chi connectivity index (χ1n) is 5.86. The number of benzene rings is 1. The zero-order valence-electron chi connectivity index (χ0n) is 10.9. The largest absolute Gasteiger partial charge is 0.392 e. The number of hydrogen-bond donors (Lipinski definition) is 2. The van der Waals surface area contributed by atoms with Gasteiger partial charge in [0, 0.05) is 0 Å². The van der Waals surface area contributed by atoms with Gasteiger partial charge < -0.3 is 5.73 Å². The minimum atomic E-state index is -3.76. The lowest BCUT2D eigenvalue weighted by atomic mass is 10.1. The third-order valence-corrected chi connectivity index (χ3v) is 5.06. The van der Waals surface area contributed by atoms with Crippen LogP contribution in [0.3, 0.4) is 0 Å². The van der Waals surface area contributed by atoms with E-state index in [0.29, 0.717) is 11.0 Å². The number of thiocarbonyl (C=S) groups is 1. The van der Waals surface area contributed by atoms with Gasteiger partial charge in [0.25, 0.3) is 0 Å². The lowest BCUT2D eigenvalue weighted by Gasteiger charge is -2.20. The molecule has 6 nitrogen and oxygen atoms in total. The number of nitrogens with one attached hydrogen (secondary N) is 1. The van der Waals surface area contributed by atoms with Crippen LogP contribution >= 0.6 is 23.9 Å². The van der Waals surface area contributed by atoms with Gasteiger partial charge in [-0.05, 0) is 18.1 Å². The fourth-order valence-electron chi connectivity index (χ4n) is 1.75. The molecule has 1 atom stereocenters. The van der Waals surface area contributed by atoms with Gasteiger partial charge in [0.15, 0.2) is 0 Å². The molecule has 2 rings (SSSR count). The molecule has 0 aliphatic rings. The Morgan fingerprint density at radius 3 is 2.70 bits per heavy atom. The maximum atomic E-state index is 12.5.